The summed E-state index contributed by atoms with van der Waals surface area (Å²) in [5.74, 6) is -1.57. The zero-order chi connectivity index (χ0) is 25.0. The second-order valence-corrected chi connectivity index (χ2v) is 9.15. The average molecular weight is 500 g/mol. The van der Waals surface area contributed by atoms with E-state index in [4.69, 9.17) is 26.7 Å². The SMILES string of the molecule is Cc1cc(S(N)(=O)=O)ccc1NC(=O)COc1cc(O)c(Cl)cc1C(=O)c1cccc(C#N)c1. The highest BCUT2D eigenvalue weighted by molar-refractivity contribution is 7.89. The van der Waals surface area contributed by atoms with E-state index in [1.165, 1.54) is 36.4 Å². The van der Waals surface area contributed by atoms with E-state index in [-0.39, 0.29) is 38.1 Å². The van der Waals surface area contributed by atoms with Crippen LogP contribution >= 0.6 is 11.6 Å². The largest absolute Gasteiger partial charge is 0.506 e. The lowest BCUT2D eigenvalue weighted by atomic mass is 10.0. The molecule has 1 amide bonds. The monoisotopic (exact) mass is 499 g/mol. The van der Waals surface area contributed by atoms with Crippen LogP contribution in [0.1, 0.15) is 27.0 Å². The fourth-order valence-electron chi connectivity index (χ4n) is 3.01. The molecule has 3 aromatic carbocycles. The van der Waals surface area contributed by atoms with Gasteiger partial charge in [-0.05, 0) is 48.9 Å². The van der Waals surface area contributed by atoms with Crippen LogP contribution in [-0.4, -0.2) is 31.8 Å². The summed E-state index contributed by atoms with van der Waals surface area (Å²) in [5.41, 5.74) is 1.25. The highest BCUT2D eigenvalue weighted by Gasteiger charge is 2.19. The molecule has 0 unspecified atom stereocenters. The van der Waals surface area contributed by atoms with Gasteiger partial charge in [-0.25, -0.2) is 13.6 Å². The molecule has 0 saturated carbocycles. The molecule has 0 heterocycles. The lowest BCUT2D eigenvalue weighted by molar-refractivity contribution is -0.118. The van der Waals surface area contributed by atoms with Crippen LogP contribution in [0.25, 0.3) is 0 Å². The summed E-state index contributed by atoms with van der Waals surface area (Å²) < 4.78 is 28.4. The van der Waals surface area contributed by atoms with Crippen molar-refractivity contribution in [3.63, 3.8) is 0 Å². The van der Waals surface area contributed by atoms with Gasteiger partial charge < -0.3 is 15.2 Å². The third-order valence-electron chi connectivity index (χ3n) is 4.71. The molecule has 0 atom stereocenters. The number of nitriles is 1. The number of phenolic OH excluding ortho intramolecular Hbond substituents is 1. The van der Waals surface area contributed by atoms with E-state index in [1.54, 1.807) is 19.1 Å². The van der Waals surface area contributed by atoms with Crippen LogP contribution < -0.4 is 15.2 Å². The molecule has 0 aliphatic rings. The number of phenols is 1. The molecule has 0 bridgehead atoms. The van der Waals surface area contributed by atoms with Gasteiger partial charge in [-0.1, -0.05) is 23.7 Å². The number of amides is 1. The number of rotatable bonds is 7. The highest BCUT2D eigenvalue weighted by atomic mass is 35.5. The van der Waals surface area contributed by atoms with Crippen molar-refractivity contribution < 1.29 is 27.9 Å². The molecule has 0 aliphatic carbocycles. The normalized spacial score (nSPS) is 10.9. The van der Waals surface area contributed by atoms with Crippen molar-refractivity contribution >= 4 is 39.0 Å². The Hall–Kier alpha value is -3.91. The third kappa shape index (κ3) is 5.71. The number of nitrogens with zero attached hydrogens (tertiary/aromatic N) is 1. The Morgan fingerprint density at radius 3 is 2.56 bits per heavy atom. The zero-order valence-corrected chi connectivity index (χ0v) is 19.3. The number of carbonyl (C=O) groups excluding carboxylic acids is 2. The van der Waals surface area contributed by atoms with Crippen LogP contribution in [0.15, 0.2) is 59.5 Å². The number of anilines is 1. The van der Waals surface area contributed by atoms with Gasteiger partial charge in [0.15, 0.2) is 12.4 Å². The molecule has 4 N–H and O–H groups in total. The summed E-state index contributed by atoms with van der Waals surface area (Å²) in [6.45, 7) is 1.06. The van der Waals surface area contributed by atoms with Gasteiger partial charge in [-0.15, -0.1) is 0 Å². The average Bonchev–Trinajstić information content (AvgIpc) is 2.79. The van der Waals surface area contributed by atoms with Crippen LogP contribution in [0.5, 0.6) is 11.5 Å². The molecule has 9 nitrogen and oxygen atoms in total. The maximum atomic E-state index is 13.0. The number of ether oxygens (including phenoxy) is 1. The van der Waals surface area contributed by atoms with Crippen molar-refractivity contribution in [3.05, 3.63) is 81.9 Å². The van der Waals surface area contributed by atoms with E-state index in [1.807, 2.05) is 6.07 Å². The summed E-state index contributed by atoms with van der Waals surface area (Å²) in [6, 6.07) is 14.2. The smallest absolute Gasteiger partial charge is 0.262 e. The van der Waals surface area contributed by atoms with Gasteiger partial charge in [-0.2, -0.15) is 5.26 Å². The Morgan fingerprint density at radius 2 is 1.91 bits per heavy atom. The first-order chi connectivity index (χ1) is 16.0. The number of aromatic hydroxyl groups is 1. The molecule has 0 aromatic heterocycles. The van der Waals surface area contributed by atoms with Crippen molar-refractivity contribution in [1.29, 1.82) is 5.26 Å². The van der Waals surface area contributed by atoms with Crippen LogP contribution in [0.4, 0.5) is 5.69 Å². The summed E-state index contributed by atoms with van der Waals surface area (Å²) >= 11 is 5.97. The lowest BCUT2D eigenvalue weighted by Crippen LogP contribution is -2.21. The van der Waals surface area contributed by atoms with E-state index in [9.17, 15) is 23.1 Å². The predicted octanol–water partition coefficient (Wildman–Crippen LogP) is 3.12. The molecule has 174 valence electrons. The van der Waals surface area contributed by atoms with Crippen LogP contribution in [0.3, 0.4) is 0 Å². The number of nitrogens with two attached hydrogens (primary N) is 1. The second-order valence-electron chi connectivity index (χ2n) is 7.18. The topological polar surface area (TPSA) is 160 Å². The summed E-state index contributed by atoms with van der Waals surface area (Å²) in [4.78, 5) is 25.3. The van der Waals surface area contributed by atoms with Crippen LogP contribution in [0, 0.1) is 18.3 Å². The number of nitrogens with one attached hydrogen (secondary N) is 1. The number of benzene rings is 3. The summed E-state index contributed by atoms with van der Waals surface area (Å²) in [6.07, 6.45) is 0. The Balaban J connectivity index is 1.81. The van der Waals surface area contributed by atoms with Gasteiger partial charge in [0.2, 0.25) is 10.0 Å². The van der Waals surface area contributed by atoms with Crippen molar-refractivity contribution in [1.82, 2.24) is 0 Å². The van der Waals surface area contributed by atoms with Gasteiger partial charge in [0, 0.05) is 17.3 Å². The van der Waals surface area contributed by atoms with E-state index in [2.05, 4.69) is 5.32 Å². The van der Waals surface area contributed by atoms with Crippen molar-refractivity contribution in [2.75, 3.05) is 11.9 Å². The second kappa shape index (κ2) is 9.93. The molecule has 0 fully saturated rings. The molecule has 0 spiro atoms. The Morgan fingerprint density at radius 1 is 1.18 bits per heavy atom. The minimum Gasteiger partial charge on any atom is -0.506 e. The van der Waals surface area contributed by atoms with Crippen LogP contribution in [0.2, 0.25) is 5.02 Å². The molecule has 34 heavy (non-hydrogen) atoms. The highest BCUT2D eigenvalue weighted by Crippen LogP contribution is 2.33. The number of ketones is 1. The number of hydrogen-bond donors (Lipinski definition) is 3. The summed E-state index contributed by atoms with van der Waals surface area (Å²) in [5, 5.41) is 26.6. The minimum atomic E-state index is -3.89. The van der Waals surface area contributed by atoms with E-state index < -0.39 is 28.3 Å². The molecule has 0 aliphatic heterocycles. The fourth-order valence-corrected chi connectivity index (χ4v) is 3.77. The summed E-state index contributed by atoms with van der Waals surface area (Å²) in [7, 11) is -3.89. The minimum absolute atomic E-state index is 0.0145. The maximum Gasteiger partial charge on any atom is 0.262 e. The number of aryl methyl sites for hydroxylation is 1. The van der Waals surface area contributed by atoms with Crippen molar-refractivity contribution in [2.45, 2.75) is 11.8 Å². The molecular weight excluding hydrogens is 482 g/mol. The quantitative estimate of drug-likeness (QED) is 0.421. The first-order valence-corrected chi connectivity index (χ1v) is 11.6. The Labute approximate surface area is 200 Å². The first-order valence-electron chi connectivity index (χ1n) is 9.63. The maximum absolute atomic E-state index is 13.0. The molecule has 11 heteroatoms. The Kier molecular flexibility index (Phi) is 7.22. The standard InChI is InChI=1S/C23H18ClN3O6S/c1-13-7-16(34(26,31)32)5-6-19(13)27-22(29)12-33-21-10-20(28)18(24)9-17(21)23(30)15-4-2-3-14(8-15)11-25/h2-10,28H,12H2,1H3,(H,27,29)(H2,26,31,32). The third-order valence-corrected chi connectivity index (χ3v) is 5.92. The van der Waals surface area contributed by atoms with Gasteiger partial charge in [0.05, 0.1) is 27.1 Å². The predicted molar refractivity (Wildman–Crippen MR) is 124 cm³/mol. The molecule has 0 saturated heterocycles. The zero-order valence-electron chi connectivity index (χ0n) is 17.7. The van der Waals surface area contributed by atoms with E-state index in [0.717, 1.165) is 6.07 Å². The number of carbonyl (C=O) groups is 2. The fraction of sp³-hybridized carbons (Fsp3) is 0.0870. The van der Waals surface area contributed by atoms with E-state index in [0.29, 0.717) is 11.3 Å². The number of primary sulfonamides is 1. The molecule has 0 radical (unpaired) electrons. The molecular formula is C23H18ClN3O6S. The lowest BCUT2D eigenvalue weighted by Gasteiger charge is -2.14. The number of sulfonamides is 1. The van der Waals surface area contributed by atoms with Gasteiger partial charge >= 0.3 is 0 Å². The van der Waals surface area contributed by atoms with Gasteiger partial charge in [0.25, 0.3) is 5.91 Å². The number of halogens is 1. The Bertz CT molecular complexity index is 1450. The van der Waals surface area contributed by atoms with Crippen molar-refractivity contribution in [3.8, 4) is 17.6 Å². The van der Waals surface area contributed by atoms with Crippen LogP contribution in [-0.2, 0) is 14.8 Å². The molecule has 3 rings (SSSR count). The van der Waals surface area contributed by atoms with E-state index >= 15 is 0 Å². The van der Waals surface area contributed by atoms with Crippen molar-refractivity contribution in [2.24, 2.45) is 5.14 Å². The van der Waals surface area contributed by atoms with Gasteiger partial charge in [-0.3, -0.25) is 9.59 Å². The number of hydrogen-bond acceptors (Lipinski definition) is 7. The first kappa shape index (κ1) is 24.7. The van der Waals surface area contributed by atoms with Gasteiger partial charge in [0.1, 0.15) is 11.5 Å². The molecule has 3 aromatic rings.